The van der Waals surface area contributed by atoms with Crippen LogP contribution < -0.4 is 0 Å². The van der Waals surface area contributed by atoms with Crippen molar-refractivity contribution in [1.29, 1.82) is 0 Å². The van der Waals surface area contributed by atoms with Gasteiger partial charge in [-0.15, -0.1) is 0 Å². The molecule has 0 saturated carbocycles. The van der Waals surface area contributed by atoms with Crippen molar-refractivity contribution in [3.8, 4) is 11.5 Å². The molecule has 1 aliphatic heterocycles. The fourth-order valence-corrected chi connectivity index (χ4v) is 3.14. The first kappa shape index (κ1) is 16.1. The maximum atomic E-state index is 12.4. The van der Waals surface area contributed by atoms with Gasteiger partial charge in [0.2, 0.25) is 0 Å². The molecule has 0 spiro atoms. The molecule has 1 saturated heterocycles. The molecule has 0 aromatic heterocycles. The maximum Gasteiger partial charge on any atom is 0.293 e. The summed E-state index contributed by atoms with van der Waals surface area (Å²) in [6.07, 6.45) is 1.69. The molecule has 0 radical (unpaired) electrons. The smallest absolute Gasteiger partial charge is 0.293 e. The molecule has 5 nitrogen and oxygen atoms in total. The van der Waals surface area contributed by atoms with Crippen LogP contribution in [0.2, 0.25) is 0 Å². The van der Waals surface area contributed by atoms with Crippen LogP contribution in [-0.4, -0.2) is 26.3 Å². The van der Waals surface area contributed by atoms with Crippen molar-refractivity contribution in [2.45, 2.75) is 13.5 Å². The number of phenolic OH excluding ortho intramolecular Hbond substituents is 2. The fourth-order valence-electron chi connectivity index (χ4n) is 2.30. The van der Waals surface area contributed by atoms with Crippen LogP contribution in [-0.2, 0) is 11.3 Å². The number of carbonyl (C=O) groups is 2. The van der Waals surface area contributed by atoms with Gasteiger partial charge in [-0.3, -0.25) is 14.5 Å². The number of imide groups is 1. The monoisotopic (exact) mass is 341 g/mol. The number of amides is 2. The summed E-state index contributed by atoms with van der Waals surface area (Å²) >= 11 is 0.894. The third-order valence-corrected chi connectivity index (χ3v) is 4.54. The van der Waals surface area contributed by atoms with Crippen LogP contribution in [0.25, 0.3) is 6.08 Å². The zero-order valence-electron chi connectivity index (χ0n) is 12.9. The first-order valence-electron chi connectivity index (χ1n) is 7.27. The van der Waals surface area contributed by atoms with Gasteiger partial charge in [-0.2, -0.15) is 0 Å². The molecule has 0 atom stereocenters. The molecular weight excluding hydrogens is 326 g/mol. The molecule has 122 valence electrons. The summed E-state index contributed by atoms with van der Waals surface area (Å²) in [5, 5.41) is 18.5. The Morgan fingerprint density at radius 1 is 1.04 bits per heavy atom. The van der Waals surface area contributed by atoms with Crippen molar-refractivity contribution in [1.82, 2.24) is 4.90 Å². The SMILES string of the molecule is Cc1ccc(/C=C2\SC(=O)N(Cc3ccc(O)c(O)c3)C2=O)cc1. The van der Waals surface area contributed by atoms with Crippen molar-refractivity contribution >= 4 is 29.0 Å². The Balaban J connectivity index is 1.81. The van der Waals surface area contributed by atoms with E-state index in [9.17, 15) is 19.8 Å². The fraction of sp³-hybridized carbons (Fsp3) is 0.111. The molecular formula is C18H15NO4S. The van der Waals surface area contributed by atoms with Crippen molar-refractivity contribution in [3.05, 3.63) is 64.1 Å². The highest BCUT2D eigenvalue weighted by molar-refractivity contribution is 8.18. The van der Waals surface area contributed by atoms with E-state index in [0.29, 0.717) is 10.5 Å². The Bertz CT molecular complexity index is 843. The number of benzene rings is 2. The number of aromatic hydroxyl groups is 2. The van der Waals surface area contributed by atoms with Gasteiger partial charge in [-0.25, -0.2) is 0 Å². The summed E-state index contributed by atoms with van der Waals surface area (Å²) in [5.74, 6) is -0.889. The molecule has 24 heavy (non-hydrogen) atoms. The average Bonchev–Trinajstić information content (AvgIpc) is 2.81. The number of rotatable bonds is 3. The van der Waals surface area contributed by atoms with Crippen molar-refractivity contribution in [2.75, 3.05) is 0 Å². The third-order valence-electron chi connectivity index (χ3n) is 3.63. The van der Waals surface area contributed by atoms with Gasteiger partial charge in [0.25, 0.3) is 11.1 Å². The number of hydrogen-bond acceptors (Lipinski definition) is 5. The minimum absolute atomic E-state index is 0.0454. The van der Waals surface area contributed by atoms with Gasteiger partial charge in [0.15, 0.2) is 11.5 Å². The molecule has 1 fully saturated rings. The lowest BCUT2D eigenvalue weighted by Gasteiger charge is -2.12. The highest BCUT2D eigenvalue weighted by Crippen LogP contribution is 2.34. The molecule has 2 aromatic rings. The van der Waals surface area contributed by atoms with Gasteiger partial charge < -0.3 is 10.2 Å². The largest absolute Gasteiger partial charge is 0.504 e. The van der Waals surface area contributed by atoms with E-state index in [2.05, 4.69) is 0 Å². The normalized spacial score (nSPS) is 16.2. The first-order chi connectivity index (χ1) is 11.4. The standard InChI is InChI=1S/C18H15NO4S/c1-11-2-4-12(5-3-11)9-16-17(22)19(18(23)24-16)10-13-6-7-14(20)15(21)8-13/h2-9,20-21H,10H2,1H3/b16-9-. The third kappa shape index (κ3) is 3.28. The van der Waals surface area contributed by atoms with Gasteiger partial charge in [0.05, 0.1) is 11.4 Å². The Morgan fingerprint density at radius 2 is 1.75 bits per heavy atom. The lowest BCUT2D eigenvalue weighted by atomic mass is 10.1. The molecule has 3 rings (SSSR count). The van der Waals surface area contributed by atoms with E-state index in [1.165, 1.54) is 12.1 Å². The molecule has 6 heteroatoms. The quantitative estimate of drug-likeness (QED) is 0.658. The number of carbonyl (C=O) groups excluding carboxylic acids is 2. The molecule has 2 N–H and O–H groups in total. The molecule has 0 aliphatic carbocycles. The van der Waals surface area contributed by atoms with Gasteiger partial charge in [0.1, 0.15) is 0 Å². The van der Waals surface area contributed by atoms with Crippen molar-refractivity contribution < 1.29 is 19.8 Å². The molecule has 2 amide bonds. The molecule has 0 unspecified atom stereocenters. The highest BCUT2D eigenvalue weighted by Gasteiger charge is 2.35. The van der Waals surface area contributed by atoms with Gasteiger partial charge >= 0.3 is 0 Å². The molecule has 1 heterocycles. The predicted molar refractivity (Wildman–Crippen MR) is 92.5 cm³/mol. The maximum absolute atomic E-state index is 12.4. The lowest BCUT2D eigenvalue weighted by molar-refractivity contribution is -0.123. The zero-order chi connectivity index (χ0) is 17.3. The minimum atomic E-state index is -0.363. The van der Waals surface area contributed by atoms with E-state index >= 15 is 0 Å². The van der Waals surface area contributed by atoms with E-state index in [-0.39, 0.29) is 29.2 Å². The summed E-state index contributed by atoms with van der Waals surface area (Å²) in [5.41, 5.74) is 2.53. The second-order valence-corrected chi connectivity index (χ2v) is 6.49. The molecule has 2 aromatic carbocycles. The summed E-state index contributed by atoms with van der Waals surface area (Å²) in [7, 11) is 0. The van der Waals surface area contributed by atoms with Crippen LogP contribution in [0.5, 0.6) is 11.5 Å². The minimum Gasteiger partial charge on any atom is -0.504 e. The second-order valence-electron chi connectivity index (χ2n) is 5.50. The van der Waals surface area contributed by atoms with E-state index in [1.807, 2.05) is 31.2 Å². The van der Waals surface area contributed by atoms with Gasteiger partial charge in [0, 0.05) is 0 Å². The highest BCUT2D eigenvalue weighted by atomic mass is 32.2. The first-order valence-corrected chi connectivity index (χ1v) is 8.08. The Labute approximate surface area is 143 Å². The second kappa shape index (κ2) is 6.41. The summed E-state index contributed by atoms with van der Waals surface area (Å²) in [6, 6.07) is 11.9. The van der Waals surface area contributed by atoms with E-state index < -0.39 is 0 Å². The topological polar surface area (TPSA) is 77.8 Å². The van der Waals surface area contributed by atoms with Gasteiger partial charge in [-0.05, 0) is 48.0 Å². The van der Waals surface area contributed by atoms with Crippen molar-refractivity contribution in [3.63, 3.8) is 0 Å². The Hall–Kier alpha value is -2.73. The van der Waals surface area contributed by atoms with Crippen LogP contribution in [0.1, 0.15) is 16.7 Å². The lowest BCUT2D eigenvalue weighted by Crippen LogP contribution is -2.27. The van der Waals surface area contributed by atoms with Crippen LogP contribution in [0.4, 0.5) is 4.79 Å². The van der Waals surface area contributed by atoms with Crippen LogP contribution in [0.15, 0.2) is 47.4 Å². The van der Waals surface area contributed by atoms with Crippen molar-refractivity contribution in [2.24, 2.45) is 0 Å². The molecule has 0 bridgehead atoms. The summed E-state index contributed by atoms with van der Waals surface area (Å²) in [6.45, 7) is 2.02. The molecule has 1 aliphatic rings. The number of aryl methyl sites for hydroxylation is 1. The zero-order valence-corrected chi connectivity index (χ0v) is 13.7. The number of phenols is 2. The Kier molecular flexibility index (Phi) is 4.31. The summed E-state index contributed by atoms with van der Waals surface area (Å²) in [4.78, 5) is 26.0. The Morgan fingerprint density at radius 3 is 2.42 bits per heavy atom. The van der Waals surface area contributed by atoms with Crippen LogP contribution >= 0.6 is 11.8 Å². The average molecular weight is 341 g/mol. The van der Waals surface area contributed by atoms with E-state index in [4.69, 9.17) is 0 Å². The van der Waals surface area contributed by atoms with Crippen LogP contribution in [0.3, 0.4) is 0 Å². The van der Waals surface area contributed by atoms with Gasteiger partial charge in [-0.1, -0.05) is 35.9 Å². The van der Waals surface area contributed by atoms with E-state index in [1.54, 1.807) is 12.1 Å². The van der Waals surface area contributed by atoms with Crippen LogP contribution in [0, 0.1) is 6.92 Å². The number of hydrogen-bond donors (Lipinski definition) is 2. The number of thioether (sulfide) groups is 1. The number of nitrogens with zero attached hydrogens (tertiary/aromatic N) is 1. The van der Waals surface area contributed by atoms with E-state index in [0.717, 1.165) is 27.8 Å². The predicted octanol–water partition coefficient (Wildman–Crippen LogP) is 3.64. The summed E-state index contributed by atoms with van der Waals surface area (Å²) < 4.78 is 0.